The number of thioether (sulfide) groups is 1. The van der Waals surface area contributed by atoms with Crippen molar-refractivity contribution in [3.05, 3.63) is 59.1 Å². The molecular formula is C18H19ClN2O3S. The first-order valence-electron chi connectivity index (χ1n) is 7.68. The maximum absolute atomic E-state index is 11.7. The maximum Gasteiger partial charge on any atom is 0.276 e. The van der Waals surface area contributed by atoms with Gasteiger partial charge in [-0.2, -0.15) is 0 Å². The Morgan fingerprint density at radius 3 is 2.52 bits per heavy atom. The fourth-order valence-electron chi connectivity index (χ4n) is 1.88. The normalized spacial score (nSPS) is 10.2. The van der Waals surface area contributed by atoms with Crippen LogP contribution in [-0.2, 0) is 9.59 Å². The molecule has 0 heterocycles. The predicted molar refractivity (Wildman–Crippen MR) is 99.8 cm³/mol. The molecule has 0 aliphatic rings. The van der Waals surface area contributed by atoms with Crippen molar-refractivity contribution in [3.8, 4) is 5.75 Å². The molecule has 0 bridgehead atoms. The lowest BCUT2D eigenvalue weighted by Gasteiger charge is -2.09. The van der Waals surface area contributed by atoms with E-state index in [1.54, 1.807) is 30.0 Å². The monoisotopic (exact) mass is 378 g/mol. The summed E-state index contributed by atoms with van der Waals surface area (Å²) in [7, 11) is 0. The van der Waals surface area contributed by atoms with Crippen molar-refractivity contribution >= 4 is 35.2 Å². The third-order valence-electron chi connectivity index (χ3n) is 3.11. The molecule has 2 N–H and O–H groups in total. The number of ether oxygens (including phenoxy) is 1. The van der Waals surface area contributed by atoms with Gasteiger partial charge in [0.2, 0.25) is 5.91 Å². The minimum atomic E-state index is -0.416. The molecule has 0 aromatic heterocycles. The summed E-state index contributed by atoms with van der Waals surface area (Å²) in [4.78, 5) is 24.4. The van der Waals surface area contributed by atoms with Crippen LogP contribution in [0.5, 0.6) is 5.75 Å². The van der Waals surface area contributed by atoms with Crippen LogP contribution in [0, 0.1) is 6.92 Å². The Morgan fingerprint density at radius 2 is 1.80 bits per heavy atom. The van der Waals surface area contributed by atoms with Crippen LogP contribution in [0.15, 0.2) is 53.4 Å². The smallest absolute Gasteiger partial charge is 0.276 e. The maximum atomic E-state index is 11.7. The summed E-state index contributed by atoms with van der Waals surface area (Å²) in [6.07, 6.45) is 0.284. The second kappa shape index (κ2) is 9.96. The molecule has 0 fully saturated rings. The van der Waals surface area contributed by atoms with Gasteiger partial charge in [0.15, 0.2) is 6.61 Å². The first-order chi connectivity index (χ1) is 12.0. The van der Waals surface area contributed by atoms with E-state index in [1.165, 1.54) is 0 Å². The third-order valence-corrected chi connectivity index (χ3v) is 4.38. The van der Waals surface area contributed by atoms with Crippen LogP contribution < -0.4 is 15.6 Å². The number of hydrogen-bond donors (Lipinski definition) is 2. The molecular weight excluding hydrogens is 360 g/mol. The van der Waals surface area contributed by atoms with E-state index in [4.69, 9.17) is 16.3 Å². The van der Waals surface area contributed by atoms with E-state index in [1.807, 2.05) is 37.3 Å². The number of carbonyl (C=O) groups excluding carboxylic acids is 2. The summed E-state index contributed by atoms with van der Waals surface area (Å²) in [5.41, 5.74) is 5.75. The van der Waals surface area contributed by atoms with Crippen molar-refractivity contribution in [3.63, 3.8) is 0 Å². The van der Waals surface area contributed by atoms with E-state index in [2.05, 4.69) is 10.9 Å². The summed E-state index contributed by atoms with van der Waals surface area (Å²) in [5, 5.41) is 0.678. The zero-order valence-electron chi connectivity index (χ0n) is 13.8. The number of halogens is 1. The molecule has 2 amide bonds. The molecule has 25 heavy (non-hydrogen) atoms. The summed E-state index contributed by atoms with van der Waals surface area (Å²) >= 11 is 7.36. The lowest BCUT2D eigenvalue weighted by Crippen LogP contribution is -2.43. The summed E-state index contributed by atoms with van der Waals surface area (Å²) in [6, 6.07) is 14.8. The van der Waals surface area contributed by atoms with Crippen LogP contribution >= 0.6 is 23.4 Å². The Kier molecular flexibility index (Phi) is 7.63. The van der Waals surface area contributed by atoms with Gasteiger partial charge < -0.3 is 4.74 Å². The molecule has 0 saturated heterocycles. The molecule has 0 aliphatic carbocycles. The highest BCUT2D eigenvalue weighted by Gasteiger charge is 2.06. The molecule has 0 aliphatic heterocycles. The van der Waals surface area contributed by atoms with Crippen molar-refractivity contribution in [2.45, 2.75) is 18.2 Å². The van der Waals surface area contributed by atoms with E-state index in [-0.39, 0.29) is 18.9 Å². The molecule has 0 spiro atoms. The second-order valence-corrected chi connectivity index (χ2v) is 6.86. The predicted octanol–water partition coefficient (Wildman–Crippen LogP) is 3.36. The number of hydrazine groups is 1. The molecule has 0 atom stereocenters. The summed E-state index contributed by atoms with van der Waals surface area (Å²) < 4.78 is 5.35. The quantitative estimate of drug-likeness (QED) is 0.572. The Labute approximate surface area is 156 Å². The Balaban J connectivity index is 1.60. The second-order valence-electron chi connectivity index (χ2n) is 5.25. The van der Waals surface area contributed by atoms with Crippen LogP contribution in [-0.4, -0.2) is 24.2 Å². The first-order valence-corrected chi connectivity index (χ1v) is 9.05. The number of aryl methyl sites for hydroxylation is 1. The number of nitrogens with one attached hydrogen (secondary N) is 2. The molecule has 7 heteroatoms. The van der Waals surface area contributed by atoms with Gasteiger partial charge >= 0.3 is 0 Å². The lowest BCUT2D eigenvalue weighted by molar-refractivity contribution is -0.129. The molecule has 5 nitrogen and oxygen atoms in total. The molecule has 2 aromatic rings. The average Bonchev–Trinajstić information content (AvgIpc) is 2.60. The van der Waals surface area contributed by atoms with Gasteiger partial charge in [0, 0.05) is 22.1 Å². The van der Waals surface area contributed by atoms with Crippen LogP contribution in [0.3, 0.4) is 0 Å². The number of hydrogen-bond acceptors (Lipinski definition) is 4. The van der Waals surface area contributed by atoms with Gasteiger partial charge in [-0.05, 0) is 48.9 Å². The third kappa shape index (κ3) is 7.49. The minimum absolute atomic E-state index is 0.163. The number of carbonyl (C=O) groups is 2. The van der Waals surface area contributed by atoms with E-state index in [0.717, 1.165) is 10.5 Å². The number of amides is 2. The first kappa shape index (κ1) is 19.1. The Hall–Kier alpha value is -2.18. The van der Waals surface area contributed by atoms with Gasteiger partial charge in [0.1, 0.15) is 5.75 Å². The van der Waals surface area contributed by atoms with Crippen molar-refractivity contribution in [2.75, 3.05) is 12.4 Å². The largest absolute Gasteiger partial charge is 0.484 e. The van der Waals surface area contributed by atoms with Gasteiger partial charge in [-0.25, -0.2) is 0 Å². The number of benzene rings is 2. The summed E-state index contributed by atoms with van der Waals surface area (Å²) in [5.74, 6) is 0.537. The van der Waals surface area contributed by atoms with Crippen LogP contribution in [0.25, 0.3) is 0 Å². The summed E-state index contributed by atoms with van der Waals surface area (Å²) in [6.45, 7) is 1.78. The van der Waals surface area contributed by atoms with Gasteiger partial charge in [-0.1, -0.05) is 23.7 Å². The van der Waals surface area contributed by atoms with E-state index < -0.39 is 5.91 Å². The Bertz CT molecular complexity index is 723. The Morgan fingerprint density at radius 1 is 1.08 bits per heavy atom. The topological polar surface area (TPSA) is 67.4 Å². The zero-order chi connectivity index (χ0) is 18.1. The van der Waals surface area contributed by atoms with E-state index in [0.29, 0.717) is 16.5 Å². The van der Waals surface area contributed by atoms with Gasteiger partial charge in [-0.3, -0.25) is 20.4 Å². The average molecular weight is 379 g/mol. The highest BCUT2D eigenvalue weighted by molar-refractivity contribution is 7.99. The van der Waals surface area contributed by atoms with Crippen molar-refractivity contribution in [1.29, 1.82) is 0 Å². The van der Waals surface area contributed by atoms with E-state index in [9.17, 15) is 9.59 Å². The van der Waals surface area contributed by atoms with Gasteiger partial charge in [-0.15, -0.1) is 11.8 Å². The molecule has 0 radical (unpaired) electrons. The van der Waals surface area contributed by atoms with Crippen molar-refractivity contribution < 1.29 is 14.3 Å². The van der Waals surface area contributed by atoms with Crippen molar-refractivity contribution in [2.24, 2.45) is 0 Å². The lowest BCUT2D eigenvalue weighted by atomic mass is 10.2. The van der Waals surface area contributed by atoms with Gasteiger partial charge in [0.25, 0.3) is 5.91 Å². The minimum Gasteiger partial charge on any atom is -0.484 e. The highest BCUT2D eigenvalue weighted by atomic mass is 35.5. The zero-order valence-corrected chi connectivity index (χ0v) is 15.3. The van der Waals surface area contributed by atoms with Crippen LogP contribution in [0.4, 0.5) is 0 Å². The molecule has 2 aromatic carbocycles. The fourth-order valence-corrected chi connectivity index (χ4v) is 2.86. The van der Waals surface area contributed by atoms with Crippen LogP contribution in [0.1, 0.15) is 12.0 Å². The van der Waals surface area contributed by atoms with Crippen molar-refractivity contribution in [1.82, 2.24) is 10.9 Å². The molecule has 2 rings (SSSR count). The fraction of sp³-hybridized carbons (Fsp3) is 0.222. The van der Waals surface area contributed by atoms with Crippen LogP contribution in [0.2, 0.25) is 5.02 Å². The SMILES string of the molecule is Cc1cccc(OCC(=O)NNC(=O)CCSc2ccc(Cl)cc2)c1. The molecule has 0 unspecified atom stereocenters. The molecule has 0 saturated carbocycles. The molecule has 132 valence electrons. The highest BCUT2D eigenvalue weighted by Crippen LogP contribution is 2.20. The van der Waals surface area contributed by atoms with Gasteiger partial charge in [0.05, 0.1) is 0 Å². The van der Waals surface area contributed by atoms with E-state index >= 15 is 0 Å². The standard InChI is InChI=1S/C18H19ClN2O3S/c1-13-3-2-4-15(11-13)24-12-18(23)21-20-17(22)9-10-25-16-7-5-14(19)6-8-16/h2-8,11H,9-10,12H2,1H3,(H,20,22)(H,21,23). The number of rotatable bonds is 7.